The minimum atomic E-state index is -2.17. The van der Waals surface area contributed by atoms with Crippen molar-refractivity contribution in [1.82, 2.24) is 0 Å². The molecule has 0 heterocycles. The maximum absolute atomic E-state index is 13.6. The number of halogens is 4. The molecule has 0 N–H and O–H groups in total. The predicted octanol–water partition coefficient (Wildman–Crippen LogP) is 12.2. The van der Waals surface area contributed by atoms with Crippen LogP contribution in [0.15, 0.2) is 60.7 Å². The molecule has 2 aromatic carbocycles. The van der Waals surface area contributed by atoms with Crippen molar-refractivity contribution in [3.05, 3.63) is 108 Å². The van der Waals surface area contributed by atoms with Crippen LogP contribution in [0.25, 0.3) is 0 Å². The predicted molar refractivity (Wildman–Crippen MR) is 188 cm³/mol. The molecular weight excluding hydrogens is 668 g/mol. The van der Waals surface area contributed by atoms with Crippen molar-refractivity contribution < 1.29 is 48.1 Å². The van der Waals surface area contributed by atoms with Crippen molar-refractivity contribution in [2.45, 2.75) is 104 Å². The van der Waals surface area contributed by atoms with Gasteiger partial charge in [-0.3, -0.25) is 12.2 Å². The summed E-state index contributed by atoms with van der Waals surface area (Å²) in [5.41, 5.74) is 0. The van der Waals surface area contributed by atoms with Crippen molar-refractivity contribution >= 4 is 16.6 Å². The first-order valence-corrected chi connectivity index (χ1v) is 21.5. The second kappa shape index (κ2) is 19.8. The van der Waals surface area contributed by atoms with E-state index in [4.69, 9.17) is 8.85 Å². The largest absolute Gasteiger partial charge is 4.00 e. The van der Waals surface area contributed by atoms with Gasteiger partial charge in [-0.05, 0) is 48.1 Å². The Morgan fingerprint density at radius 2 is 0.936 bits per heavy atom. The fourth-order valence-corrected chi connectivity index (χ4v) is 8.62. The van der Waals surface area contributed by atoms with E-state index in [0.717, 1.165) is 12.8 Å². The molecule has 2 aliphatic carbocycles. The van der Waals surface area contributed by atoms with Crippen molar-refractivity contribution in [3.8, 4) is 11.5 Å². The van der Waals surface area contributed by atoms with E-state index in [0.29, 0.717) is 11.8 Å². The molecule has 0 unspecified atom stereocenters. The monoisotopic (exact) mass is 720 g/mol. The van der Waals surface area contributed by atoms with Gasteiger partial charge in [-0.1, -0.05) is 55.4 Å². The molecule has 2 aliphatic rings. The molecule has 4 rings (SSSR count). The minimum Gasteiger partial charge on any atom is -0.599 e. The summed E-state index contributed by atoms with van der Waals surface area (Å²) in [7, 11) is -4.33. The quantitative estimate of drug-likeness (QED) is 0.154. The number of allylic oxidation sites excluding steroid dienone is 8. The molecular formula is C38H52F4O2Si2Ti. The average Bonchev–Trinajstić information content (AvgIpc) is 3.72. The van der Waals surface area contributed by atoms with Crippen LogP contribution in [-0.4, -0.2) is 16.6 Å². The Morgan fingerprint density at radius 1 is 0.617 bits per heavy atom. The zero-order valence-corrected chi connectivity index (χ0v) is 33.7. The summed E-state index contributed by atoms with van der Waals surface area (Å²) in [6.07, 6.45) is 20.0. The summed E-state index contributed by atoms with van der Waals surface area (Å²) in [5, 5.41) is -0.0400. The summed E-state index contributed by atoms with van der Waals surface area (Å²) in [6, 6.07) is 9.03. The third kappa shape index (κ3) is 14.1. The number of benzene rings is 2. The standard InChI is InChI=1S/2C14H21F2OSi.2C5H5.Ti/c2*1-10(2)14(3,4)18(5,6)17-13-8-7-11(15)9-12(13)16;2*1-2-4-5-3-1;/h2*7-8,10H,1-6H3;2*1-3H,4H2;/q4*-1;+4. The van der Waals surface area contributed by atoms with Crippen molar-refractivity contribution in [2.24, 2.45) is 11.8 Å². The smallest absolute Gasteiger partial charge is 0.599 e. The Hall–Kier alpha value is -2.13. The fraction of sp³-hybridized carbons (Fsp3) is 0.474. The van der Waals surface area contributed by atoms with Gasteiger partial charge in [0.1, 0.15) is 0 Å². The Bertz CT molecular complexity index is 1240. The maximum atomic E-state index is 13.6. The molecule has 0 saturated heterocycles. The first kappa shape index (κ1) is 44.9. The molecule has 0 bridgehead atoms. The Labute approximate surface area is 299 Å². The van der Waals surface area contributed by atoms with Gasteiger partial charge >= 0.3 is 21.7 Å². The third-order valence-electron chi connectivity index (χ3n) is 9.55. The van der Waals surface area contributed by atoms with Crippen LogP contribution >= 0.6 is 0 Å². The van der Waals surface area contributed by atoms with Crippen LogP contribution in [0, 0.1) is 59.4 Å². The Balaban J connectivity index is 0.000000681. The SMILES string of the molecule is CC(C)C(C)(C)[Si](C)(C)Oc1ccc(F)[c-]c1F.CC(C)C(C)(C)[Si](C)(C)Oc1ccc(F)[c-]c1F.[C-]1=CC=CC1.[C-]1=CC=CC1.[Ti+4]. The first-order chi connectivity index (χ1) is 21.2. The summed E-state index contributed by atoms with van der Waals surface area (Å²) in [4.78, 5) is 0. The zero-order valence-electron chi connectivity index (χ0n) is 30.2. The zero-order chi connectivity index (χ0) is 35.3. The van der Waals surface area contributed by atoms with Gasteiger partial charge in [0.25, 0.3) is 0 Å². The van der Waals surface area contributed by atoms with E-state index in [1.807, 2.05) is 36.4 Å². The topological polar surface area (TPSA) is 18.5 Å². The molecule has 47 heavy (non-hydrogen) atoms. The molecule has 0 saturated carbocycles. The molecule has 0 atom stereocenters. The average molecular weight is 721 g/mol. The molecule has 0 amide bonds. The fourth-order valence-electron chi connectivity index (χ4n) is 3.90. The van der Waals surface area contributed by atoms with Gasteiger partial charge in [0.05, 0.1) is 11.6 Å². The number of hydrogen-bond acceptors (Lipinski definition) is 2. The molecule has 0 aliphatic heterocycles. The van der Waals surface area contributed by atoms with Crippen LogP contribution in [0.1, 0.15) is 68.2 Å². The maximum Gasteiger partial charge on any atom is 4.00 e. The summed E-state index contributed by atoms with van der Waals surface area (Å²) in [6.45, 7) is 25.3. The van der Waals surface area contributed by atoms with Crippen LogP contribution in [0.3, 0.4) is 0 Å². The van der Waals surface area contributed by atoms with E-state index in [9.17, 15) is 17.6 Å². The van der Waals surface area contributed by atoms with Crippen LogP contribution in [0.5, 0.6) is 11.5 Å². The van der Waals surface area contributed by atoms with Crippen LogP contribution < -0.4 is 8.85 Å². The van der Waals surface area contributed by atoms with E-state index in [2.05, 4.69) is 106 Å². The first-order valence-electron chi connectivity index (χ1n) is 15.7. The normalized spacial score (nSPS) is 13.7. The number of rotatable bonds is 8. The molecule has 2 aromatic rings. The summed E-state index contributed by atoms with van der Waals surface area (Å²) >= 11 is 0. The van der Waals surface area contributed by atoms with Gasteiger partial charge in [0.15, 0.2) is 0 Å². The van der Waals surface area contributed by atoms with Gasteiger partial charge < -0.3 is 8.85 Å². The third-order valence-corrected chi connectivity index (χ3v) is 18.4. The molecule has 0 fully saturated rings. The van der Waals surface area contributed by atoms with Crippen LogP contribution in [-0.2, 0) is 21.7 Å². The molecule has 0 aromatic heterocycles. The van der Waals surface area contributed by atoms with Gasteiger partial charge in [-0.25, -0.2) is 41.9 Å². The molecule has 0 spiro atoms. The second-order valence-electron chi connectivity index (χ2n) is 14.0. The second-order valence-corrected chi connectivity index (χ2v) is 23.0. The van der Waals surface area contributed by atoms with Gasteiger partial charge in [-0.2, -0.15) is 12.2 Å². The van der Waals surface area contributed by atoms with Crippen LogP contribution in [0.2, 0.25) is 36.3 Å². The van der Waals surface area contributed by atoms with E-state index in [1.54, 1.807) is 0 Å². The van der Waals surface area contributed by atoms with Crippen molar-refractivity contribution in [2.75, 3.05) is 0 Å². The van der Waals surface area contributed by atoms with Gasteiger partial charge in [-0.15, -0.1) is 49.2 Å². The molecule has 256 valence electrons. The van der Waals surface area contributed by atoms with E-state index in [1.165, 1.54) is 24.3 Å². The van der Waals surface area contributed by atoms with Gasteiger partial charge in [0.2, 0.25) is 16.6 Å². The molecule has 2 nitrogen and oxygen atoms in total. The minimum absolute atomic E-state index is 0. The van der Waals surface area contributed by atoms with Crippen molar-refractivity contribution in [3.63, 3.8) is 0 Å². The van der Waals surface area contributed by atoms with Gasteiger partial charge in [0, 0.05) is 23.1 Å². The molecule has 0 radical (unpaired) electrons. The number of hydrogen-bond donors (Lipinski definition) is 0. The van der Waals surface area contributed by atoms with E-state index in [-0.39, 0.29) is 43.3 Å². The van der Waals surface area contributed by atoms with Crippen molar-refractivity contribution in [1.29, 1.82) is 0 Å². The van der Waals surface area contributed by atoms with E-state index < -0.39 is 39.9 Å². The summed E-state index contributed by atoms with van der Waals surface area (Å²) in [5.74, 6) is -1.88. The summed E-state index contributed by atoms with van der Waals surface area (Å²) < 4.78 is 64.5. The van der Waals surface area contributed by atoms with E-state index >= 15 is 0 Å². The Morgan fingerprint density at radius 3 is 1.13 bits per heavy atom. The molecule has 9 heteroatoms. The van der Waals surface area contributed by atoms with Crippen LogP contribution in [0.4, 0.5) is 17.6 Å². The Kier molecular flexibility index (Phi) is 18.9.